The first-order chi connectivity index (χ1) is 7.18. The van der Waals surface area contributed by atoms with Crippen LogP contribution in [-0.2, 0) is 11.3 Å². The molecule has 3 heteroatoms. The molecule has 0 saturated carbocycles. The lowest BCUT2D eigenvalue weighted by molar-refractivity contribution is -0.131. The van der Waals surface area contributed by atoms with E-state index in [1.807, 2.05) is 25.2 Å². The Hall–Kier alpha value is -1.61. The lowest BCUT2D eigenvalue weighted by Gasteiger charge is -2.13. The Morgan fingerprint density at radius 2 is 2.07 bits per heavy atom. The SMILES string of the molecule is CN(CC=CC(=O)O)Cc1ccccc1. The number of benzene rings is 1. The average Bonchev–Trinajstić information content (AvgIpc) is 2.18. The van der Waals surface area contributed by atoms with E-state index in [-0.39, 0.29) is 0 Å². The molecule has 0 atom stereocenters. The number of carboxylic acids is 1. The minimum absolute atomic E-state index is 0.640. The molecule has 1 N–H and O–H groups in total. The van der Waals surface area contributed by atoms with Crippen molar-refractivity contribution in [2.75, 3.05) is 13.6 Å². The minimum atomic E-state index is -0.900. The number of hydrogen-bond acceptors (Lipinski definition) is 2. The number of rotatable bonds is 5. The molecule has 0 saturated heterocycles. The molecule has 0 spiro atoms. The van der Waals surface area contributed by atoms with Crippen LogP contribution < -0.4 is 0 Å². The highest BCUT2D eigenvalue weighted by Gasteiger charge is 1.97. The fourth-order valence-electron chi connectivity index (χ4n) is 1.29. The summed E-state index contributed by atoms with van der Waals surface area (Å²) in [4.78, 5) is 12.3. The van der Waals surface area contributed by atoms with E-state index in [0.29, 0.717) is 6.54 Å². The predicted octanol–water partition coefficient (Wildman–Crippen LogP) is 1.76. The van der Waals surface area contributed by atoms with Crippen molar-refractivity contribution in [1.82, 2.24) is 4.90 Å². The van der Waals surface area contributed by atoms with E-state index in [9.17, 15) is 4.79 Å². The average molecular weight is 205 g/mol. The summed E-state index contributed by atoms with van der Waals surface area (Å²) in [6.45, 7) is 1.46. The molecule has 80 valence electrons. The first-order valence-electron chi connectivity index (χ1n) is 4.80. The number of aliphatic carboxylic acids is 1. The third kappa shape index (κ3) is 4.98. The summed E-state index contributed by atoms with van der Waals surface area (Å²) in [5.74, 6) is -0.900. The number of likely N-dealkylation sites (N-methyl/N-ethyl adjacent to an activating group) is 1. The Balaban J connectivity index is 2.36. The van der Waals surface area contributed by atoms with Crippen molar-refractivity contribution in [3.05, 3.63) is 48.0 Å². The standard InChI is InChI=1S/C12H15NO2/c1-13(9-5-8-12(14)15)10-11-6-3-2-4-7-11/h2-8H,9-10H2,1H3,(H,14,15). The van der Waals surface area contributed by atoms with E-state index in [0.717, 1.165) is 6.54 Å². The Bertz CT molecular complexity index is 333. The molecule has 0 aliphatic heterocycles. The smallest absolute Gasteiger partial charge is 0.328 e. The van der Waals surface area contributed by atoms with Gasteiger partial charge in [-0.05, 0) is 12.6 Å². The second-order valence-electron chi connectivity index (χ2n) is 3.42. The van der Waals surface area contributed by atoms with Gasteiger partial charge in [-0.3, -0.25) is 4.90 Å². The van der Waals surface area contributed by atoms with Crippen molar-refractivity contribution in [2.24, 2.45) is 0 Å². The van der Waals surface area contributed by atoms with Crippen molar-refractivity contribution in [3.8, 4) is 0 Å². The van der Waals surface area contributed by atoms with Gasteiger partial charge in [-0.2, -0.15) is 0 Å². The van der Waals surface area contributed by atoms with Crippen molar-refractivity contribution < 1.29 is 9.90 Å². The molecular weight excluding hydrogens is 190 g/mol. The van der Waals surface area contributed by atoms with E-state index < -0.39 is 5.97 Å². The van der Waals surface area contributed by atoms with Gasteiger partial charge in [0.25, 0.3) is 0 Å². The zero-order chi connectivity index (χ0) is 11.1. The highest BCUT2D eigenvalue weighted by Crippen LogP contribution is 2.01. The summed E-state index contributed by atoms with van der Waals surface area (Å²) in [5, 5.41) is 8.41. The molecular formula is C12H15NO2. The highest BCUT2D eigenvalue weighted by atomic mass is 16.4. The summed E-state index contributed by atoms with van der Waals surface area (Å²) in [6, 6.07) is 10.1. The maximum absolute atomic E-state index is 10.2. The Morgan fingerprint density at radius 3 is 2.67 bits per heavy atom. The summed E-state index contributed by atoms with van der Waals surface area (Å²) in [7, 11) is 1.96. The highest BCUT2D eigenvalue weighted by molar-refractivity contribution is 5.79. The Kier molecular flexibility index (Phi) is 4.57. The molecule has 0 heterocycles. The molecule has 0 amide bonds. The monoisotopic (exact) mass is 205 g/mol. The van der Waals surface area contributed by atoms with Crippen LogP contribution in [0.25, 0.3) is 0 Å². The molecule has 1 rings (SSSR count). The quantitative estimate of drug-likeness (QED) is 0.745. The summed E-state index contributed by atoms with van der Waals surface area (Å²) >= 11 is 0. The van der Waals surface area contributed by atoms with Crippen molar-refractivity contribution in [2.45, 2.75) is 6.54 Å². The zero-order valence-electron chi connectivity index (χ0n) is 8.76. The molecule has 0 aliphatic rings. The fourth-order valence-corrected chi connectivity index (χ4v) is 1.29. The van der Waals surface area contributed by atoms with Gasteiger partial charge in [0.15, 0.2) is 0 Å². The van der Waals surface area contributed by atoms with Gasteiger partial charge in [-0.25, -0.2) is 4.79 Å². The molecule has 3 nitrogen and oxygen atoms in total. The minimum Gasteiger partial charge on any atom is -0.478 e. The van der Waals surface area contributed by atoms with Crippen LogP contribution in [0.5, 0.6) is 0 Å². The summed E-state index contributed by atoms with van der Waals surface area (Å²) in [5.41, 5.74) is 1.23. The third-order valence-corrected chi connectivity index (χ3v) is 1.97. The molecule has 0 unspecified atom stereocenters. The van der Waals surface area contributed by atoms with Gasteiger partial charge in [0, 0.05) is 19.2 Å². The molecule has 0 aromatic heterocycles. The van der Waals surface area contributed by atoms with E-state index in [4.69, 9.17) is 5.11 Å². The number of hydrogen-bond donors (Lipinski definition) is 1. The molecule has 1 aromatic carbocycles. The van der Waals surface area contributed by atoms with Crippen LogP contribution in [0.2, 0.25) is 0 Å². The molecule has 15 heavy (non-hydrogen) atoms. The second kappa shape index (κ2) is 5.98. The van der Waals surface area contributed by atoms with Gasteiger partial charge in [0.2, 0.25) is 0 Å². The van der Waals surface area contributed by atoms with Crippen LogP contribution in [0, 0.1) is 0 Å². The van der Waals surface area contributed by atoms with E-state index >= 15 is 0 Å². The predicted molar refractivity (Wildman–Crippen MR) is 59.6 cm³/mol. The third-order valence-electron chi connectivity index (χ3n) is 1.97. The normalized spacial score (nSPS) is 11.1. The molecule has 0 aliphatic carbocycles. The van der Waals surface area contributed by atoms with Gasteiger partial charge in [0.05, 0.1) is 0 Å². The van der Waals surface area contributed by atoms with E-state index in [2.05, 4.69) is 17.0 Å². The lowest BCUT2D eigenvalue weighted by atomic mass is 10.2. The van der Waals surface area contributed by atoms with Gasteiger partial charge < -0.3 is 5.11 Å². The molecule has 0 fully saturated rings. The molecule has 0 bridgehead atoms. The maximum Gasteiger partial charge on any atom is 0.328 e. The lowest BCUT2D eigenvalue weighted by Crippen LogP contribution is -2.17. The van der Waals surface area contributed by atoms with Crippen molar-refractivity contribution >= 4 is 5.97 Å². The van der Waals surface area contributed by atoms with Crippen LogP contribution in [0.4, 0.5) is 0 Å². The Labute approximate surface area is 89.6 Å². The van der Waals surface area contributed by atoms with Gasteiger partial charge in [-0.1, -0.05) is 36.4 Å². The van der Waals surface area contributed by atoms with E-state index in [1.165, 1.54) is 11.6 Å². The van der Waals surface area contributed by atoms with Gasteiger partial charge in [-0.15, -0.1) is 0 Å². The zero-order valence-corrected chi connectivity index (χ0v) is 8.76. The molecule has 0 radical (unpaired) electrons. The second-order valence-corrected chi connectivity index (χ2v) is 3.42. The number of carbonyl (C=O) groups is 1. The summed E-state index contributed by atoms with van der Waals surface area (Å²) in [6.07, 6.45) is 2.81. The van der Waals surface area contributed by atoms with Crippen LogP contribution >= 0.6 is 0 Å². The van der Waals surface area contributed by atoms with Crippen molar-refractivity contribution in [3.63, 3.8) is 0 Å². The van der Waals surface area contributed by atoms with Crippen LogP contribution in [0.3, 0.4) is 0 Å². The summed E-state index contributed by atoms with van der Waals surface area (Å²) < 4.78 is 0. The largest absolute Gasteiger partial charge is 0.478 e. The van der Waals surface area contributed by atoms with E-state index in [1.54, 1.807) is 6.08 Å². The first-order valence-corrected chi connectivity index (χ1v) is 4.80. The Morgan fingerprint density at radius 1 is 1.40 bits per heavy atom. The molecule has 1 aromatic rings. The van der Waals surface area contributed by atoms with Crippen molar-refractivity contribution in [1.29, 1.82) is 0 Å². The fraction of sp³-hybridized carbons (Fsp3) is 0.250. The first kappa shape index (κ1) is 11.5. The maximum atomic E-state index is 10.2. The topological polar surface area (TPSA) is 40.5 Å². The van der Waals surface area contributed by atoms with Crippen LogP contribution in [-0.4, -0.2) is 29.6 Å². The number of carboxylic acid groups (broad SMARTS) is 1. The van der Waals surface area contributed by atoms with Crippen LogP contribution in [0.15, 0.2) is 42.5 Å². The van der Waals surface area contributed by atoms with Crippen LogP contribution in [0.1, 0.15) is 5.56 Å². The van der Waals surface area contributed by atoms with Gasteiger partial charge >= 0.3 is 5.97 Å². The van der Waals surface area contributed by atoms with Gasteiger partial charge in [0.1, 0.15) is 0 Å². The number of nitrogens with zero attached hydrogens (tertiary/aromatic N) is 1.